The van der Waals surface area contributed by atoms with Crippen molar-refractivity contribution < 1.29 is 0 Å². The maximum absolute atomic E-state index is 6.17. The Labute approximate surface area is 107 Å². The molecule has 2 aromatic heterocycles. The maximum atomic E-state index is 6.17. The second-order valence-corrected chi connectivity index (χ2v) is 6.10. The van der Waals surface area contributed by atoms with Crippen molar-refractivity contribution in [1.29, 1.82) is 0 Å². The van der Waals surface area contributed by atoms with Crippen LogP contribution in [0.1, 0.15) is 22.0 Å². The first-order valence-corrected chi connectivity index (χ1v) is 6.41. The second kappa shape index (κ2) is 4.53. The van der Waals surface area contributed by atoms with Crippen molar-refractivity contribution in [2.24, 2.45) is 5.73 Å². The summed E-state index contributed by atoms with van der Waals surface area (Å²) in [5.74, 6) is 0.502. The number of nitrogen functional groups attached to an aromatic ring is 1. The van der Waals surface area contributed by atoms with Crippen molar-refractivity contribution in [2.75, 3.05) is 5.73 Å². The molecule has 0 spiro atoms. The number of nitrogens with zero attached hydrogens (tertiary/aromatic N) is 1. The minimum Gasteiger partial charge on any atom is -0.383 e. The summed E-state index contributed by atoms with van der Waals surface area (Å²) in [4.78, 5) is 5.20. The zero-order valence-corrected chi connectivity index (χ0v) is 11.2. The van der Waals surface area contributed by atoms with Gasteiger partial charge in [-0.05, 0) is 46.6 Å². The predicted molar refractivity (Wildman–Crippen MR) is 71.4 cm³/mol. The van der Waals surface area contributed by atoms with Gasteiger partial charge < -0.3 is 11.5 Å². The highest BCUT2D eigenvalue weighted by molar-refractivity contribution is 9.11. The zero-order valence-electron chi connectivity index (χ0n) is 8.77. The summed E-state index contributed by atoms with van der Waals surface area (Å²) in [6, 6.07) is 5.77. The van der Waals surface area contributed by atoms with Crippen LogP contribution in [0.15, 0.2) is 28.2 Å². The van der Waals surface area contributed by atoms with Crippen molar-refractivity contribution in [2.45, 2.75) is 13.0 Å². The monoisotopic (exact) mass is 297 g/mol. The fraction of sp³-hybridized carbons (Fsp3) is 0.182. The Kier molecular flexibility index (Phi) is 3.28. The summed E-state index contributed by atoms with van der Waals surface area (Å²) < 4.78 is 1.07. The Hall–Kier alpha value is -0.910. The Bertz CT molecular complexity index is 510. The number of pyridine rings is 1. The molecular weight excluding hydrogens is 286 g/mol. The van der Waals surface area contributed by atoms with E-state index in [1.165, 1.54) is 0 Å². The van der Waals surface area contributed by atoms with Crippen molar-refractivity contribution in [3.05, 3.63) is 44.2 Å². The van der Waals surface area contributed by atoms with E-state index in [2.05, 4.69) is 20.9 Å². The molecule has 0 aromatic carbocycles. The van der Waals surface area contributed by atoms with Crippen LogP contribution in [0.3, 0.4) is 0 Å². The van der Waals surface area contributed by atoms with E-state index in [9.17, 15) is 0 Å². The van der Waals surface area contributed by atoms with Crippen LogP contribution in [0.25, 0.3) is 0 Å². The van der Waals surface area contributed by atoms with Gasteiger partial charge in [0.2, 0.25) is 0 Å². The molecule has 0 amide bonds. The second-order valence-electron chi connectivity index (χ2n) is 3.61. The highest BCUT2D eigenvalue weighted by Gasteiger charge is 2.14. The van der Waals surface area contributed by atoms with Gasteiger partial charge in [0.15, 0.2) is 0 Å². The van der Waals surface area contributed by atoms with Crippen LogP contribution in [0.4, 0.5) is 5.82 Å². The number of anilines is 1. The average molecular weight is 298 g/mol. The summed E-state index contributed by atoms with van der Waals surface area (Å²) in [6.45, 7) is 1.98. The number of halogens is 1. The molecule has 1 unspecified atom stereocenters. The molecule has 2 aromatic rings. The zero-order chi connectivity index (χ0) is 11.7. The van der Waals surface area contributed by atoms with E-state index < -0.39 is 0 Å². The number of aryl methyl sites for hydroxylation is 1. The Morgan fingerprint density at radius 1 is 1.44 bits per heavy atom. The molecule has 2 rings (SSSR count). The first-order valence-electron chi connectivity index (χ1n) is 4.81. The van der Waals surface area contributed by atoms with Crippen LogP contribution in [0.2, 0.25) is 0 Å². The third-order valence-electron chi connectivity index (χ3n) is 2.32. The molecule has 0 radical (unpaired) electrons. The third kappa shape index (κ3) is 2.26. The van der Waals surface area contributed by atoms with Crippen LogP contribution in [0, 0.1) is 6.92 Å². The quantitative estimate of drug-likeness (QED) is 0.896. The summed E-state index contributed by atoms with van der Waals surface area (Å²) in [5, 5.41) is 0. The molecule has 0 fully saturated rings. The Balaban J connectivity index is 2.40. The number of hydrogen-bond acceptors (Lipinski definition) is 4. The molecule has 16 heavy (non-hydrogen) atoms. The van der Waals surface area contributed by atoms with Crippen LogP contribution in [0.5, 0.6) is 0 Å². The summed E-state index contributed by atoms with van der Waals surface area (Å²) in [7, 11) is 0. The van der Waals surface area contributed by atoms with Crippen LogP contribution >= 0.6 is 27.3 Å². The molecule has 2 heterocycles. The Morgan fingerprint density at radius 3 is 2.81 bits per heavy atom. The van der Waals surface area contributed by atoms with Gasteiger partial charge in [-0.3, -0.25) is 0 Å². The highest BCUT2D eigenvalue weighted by Crippen LogP contribution is 2.31. The molecule has 5 heteroatoms. The van der Waals surface area contributed by atoms with E-state index in [0.29, 0.717) is 5.82 Å². The molecular formula is C11H12BrN3S. The van der Waals surface area contributed by atoms with Crippen LogP contribution in [-0.2, 0) is 0 Å². The fourth-order valence-corrected chi connectivity index (χ4v) is 2.94. The minimum atomic E-state index is -0.205. The lowest BCUT2D eigenvalue weighted by Gasteiger charge is -2.12. The highest BCUT2D eigenvalue weighted by atomic mass is 79.9. The standard InChI is InChI=1S/C11H12BrN3S/c1-6-4-7(11(14)15-5-6)10(13)8-2-3-9(12)16-8/h2-5,10H,13H2,1H3,(H2,14,15). The number of thiophene rings is 1. The summed E-state index contributed by atoms with van der Waals surface area (Å²) >= 11 is 5.04. The molecule has 0 aliphatic rings. The van der Waals surface area contributed by atoms with Gasteiger partial charge in [-0.25, -0.2) is 4.98 Å². The maximum Gasteiger partial charge on any atom is 0.128 e. The van der Waals surface area contributed by atoms with Crippen molar-refractivity contribution in [1.82, 2.24) is 4.98 Å². The lowest BCUT2D eigenvalue weighted by atomic mass is 10.1. The summed E-state index contributed by atoms with van der Waals surface area (Å²) in [5.41, 5.74) is 14.0. The first-order chi connectivity index (χ1) is 7.58. The topological polar surface area (TPSA) is 64.9 Å². The van der Waals surface area contributed by atoms with Gasteiger partial charge in [0.05, 0.1) is 9.83 Å². The number of hydrogen-bond donors (Lipinski definition) is 2. The molecule has 0 bridgehead atoms. The minimum absolute atomic E-state index is 0.205. The predicted octanol–water partition coefficient (Wildman–Crippen LogP) is 2.84. The van der Waals surface area contributed by atoms with Gasteiger partial charge in [0.25, 0.3) is 0 Å². The SMILES string of the molecule is Cc1cnc(N)c(C(N)c2ccc(Br)s2)c1. The third-order valence-corrected chi connectivity index (χ3v) is 4.03. The molecule has 4 N–H and O–H groups in total. The van der Waals surface area contributed by atoms with Crippen LogP contribution in [-0.4, -0.2) is 4.98 Å². The van der Waals surface area contributed by atoms with Gasteiger partial charge >= 0.3 is 0 Å². The van der Waals surface area contributed by atoms with E-state index in [1.54, 1.807) is 17.5 Å². The van der Waals surface area contributed by atoms with E-state index in [0.717, 1.165) is 19.8 Å². The molecule has 3 nitrogen and oxygen atoms in total. The molecule has 0 aliphatic carbocycles. The Morgan fingerprint density at radius 2 is 2.19 bits per heavy atom. The lowest BCUT2D eigenvalue weighted by Crippen LogP contribution is -2.13. The fourth-order valence-electron chi connectivity index (χ4n) is 1.50. The number of aromatic nitrogens is 1. The molecule has 0 saturated heterocycles. The van der Waals surface area contributed by atoms with Crippen molar-refractivity contribution in [3.63, 3.8) is 0 Å². The molecule has 0 aliphatic heterocycles. The van der Waals surface area contributed by atoms with E-state index >= 15 is 0 Å². The van der Waals surface area contributed by atoms with Crippen LogP contribution < -0.4 is 11.5 Å². The van der Waals surface area contributed by atoms with E-state index in [1.807, 2.05) is 25.1 Å². The smallest absolute Gasteiger partial charge is 0.128 e. The van der Waals surface area contributed by atoms with E-state index in [-0.39, 0.29) is 6.04 Å². The average Bonchev–Trinajstić information content (AvgIpc) is 2.67. The van der Waals surface area contributed by atoms with Crippen molar-refractivity contribution in [3.8, 4) is 0 Å². The largest absolute Gasteiger partial charge is 0.383 e. The van der Waals surface area contributed by atoms with E-state index in [4.69, 9.17) is 11.5 Å². The molecule has 0 saturated carbocycles. The van der Waals surface area contributed by atoms with Gasteiger partial charge in [0, 0.05) is 16.6 Å². The van der Waals surface area contributed by atoms with Gasteiger partial charge in [-0.15, -0.1) is 11.3 Å². The van der Waals surface area contributed by atoms with Crippen molar-refractivity contribution >= 4 is 33.1 Å². The molecule has 84 valence electrons. The lowest BCUT2D eigenvalue weighted by molar-refractivity contribution is 0.886. The van der Waals surface area contributed by atoms with Gasteiger partial charge in [-0.1, -0.05) is 0 Å². The number of rotatable bonds is 2. The first kappa shape index (κ1) is 11.6. The molecule has 1 atom stereocenters. The normalized spacial score (nSPS) is 12.7. The summed E-state index contributed by atoms with van der Waals surface area (Å²) in [6.07, 6.45) is 1.75. The number of nitrogens with two attached hydrogens (primary N) is 2. The van der Waals surface area contributed by atoms with Gasteiger partial charge in [-0.2, -0.15) is 0 Å². The van der Waals surface area contributed by atoms with Gasteiger partial charge in [0.1, 0.15) is 5.82 Å².